The van der Waals surface area contributed by atoms with Crippen LogP contribution in [-0.2, 0) is 11.8 Å². The van der Waals surface area contributed by atoms with Gasteiger partial charge in [0, 0.05) is 18.4 Å². The van der Waals surface area contributed by atoms with Crippen LogP contribution >= 0.6 is 0 Å². The van der Waals surface area contributed by atoms with Crippen LogP contribution < -0.4 is 5.32 Å². The molecule has 0 bridgehead atoms. The normalized spacial score (nSPS) is 13.2. The van der Waals surface area contributed by atoms with Crippen molar-refractivity contribution in [1.29, 1.82) is 0 Å². The molecular weight excluding hydrogens is 244 g/mol. The molecule has 0 spiro atoms. The van der Waals surface area contributed by atoms with Crippen molar-refractivity contribution in [1.82, 2.24) is 10.3 Å². The molecule has 2 heteroatoms. The number of nitrogens with one attached hydrogen (secondary N) is 1. The fourth-order valence-corrected chi connectivity index (χ4v) is 2.61. The standard InChI is InChI=1S/C18H24N2/c1-18(2,3)16-8-6-5-7-15(16)17(19-4)13-14-9-11-20-12-10-14/h5-12,17,19H,13H2,1-4H3. The third kappa shape index (κ3) is 3.45. The van der Waals surface area contributed by atoms with Gasteiger partial charge in [0.1, 0.15) is 0 Å². The molecule has 0 fully saturated rings. The van der Waals surface area contributed by atoms with E-state index in [1.54, 1.807) is 0 Å². The van der Waals surface area contributed by atoms with Crippen LogP contribution in [0.5, 0.6) is 0 Å². The smallest absolute Gasteiger partial charge is 0.0361 e. The van der Waals surface area contributed by atoms with Gasteiger partial charge in [0.15, 0.2) is 0 Å². The molecule has 2 rings (SSSR count). The Balaban J connectivity index is 2.33. The highest BCUT2D eigenvalue weighted by Crippen LogP contribution is 2.30. The van der Waals surface area contributed by atoms with Crippen LogP contribution in [0, 0.1) is 0 Å². The molecule has 0 saturated carbocycles. The second-order valence-electron chi connectivity index (χ2n) is 6.24. The predicted octanol–water partition coefficient (Wildman–Crippen LogP) is 3.88. The number of pyridine rings is 1. The monoisotopic (exact) mass is 268 g/mol. The number of nitrogens with zero attached hydrogens (tertiary/aromatic N) is 1. The van der Waals surface area contributed by atoms with Crippen LogP contribution in [0.3, 0.4) is 0 Å². The molecule has 0 aliphatic rings. The Hall–Kier alpha value is -1.67. The van der Waals surface area contributed by atoms with Gasteiger partial charge in [0.05, 0.1) is 0 Å². The summed E-state index contributed by atoms with van der Waals surface area (Å²) in [6.45, 7) is 6.81. The summed E-state index contributed by atoms with van der Waals surface area (Å²) in [5.41, 5.74) is 4.26. The third-order valence-electron chi connectivity index (χ3n) is 3.68. The van der Waals surface area contributed by atoms with Crippen LogP contribution in [0.4, 0.5) is 0 Å². The first-order valence-corrected chi connectivity index (χ1v) is 7.18. The maximum absolute atomic E-state index is 4.09. The molecule has 1 N–H and O–H groups in total. The average molecular weight is 268 g/mol. The van der Waals surface area contributed by atoms with Gasteiger partial charge >= 0.3 is 0 Å². The maximum Gasteiger partial charge on any atom is 0.0361 e. The first kappa shape index (κ1) is 14.7. The average Bonchev–Trinajstić information content (AvgIpc) is 2.45. The van der Waals surface area contributed by atoms with Crippen LogP contribution in [0.15, 0.2) is 48.8 Å². The van der Waals surface area contributed by atoms with Crippen LogP contribution in [-0.4, -0.2) is 12.0 Å². The van der Waals surface area contributed by atoms with Crippen LogP contribution in [0.1, 0.15) is 43.5 Å². The lowest BCUT2D eigenvalue weighted by molar-refractivity contribution is 0.539. The molecule has 1 aromatic carbocycles. The van der Waals surface area contributed by atoms with E-state index in [1.807, 2.05) is 19.4 Å². The zero-order valence-electron chi connectivity index (χ0n) is 12.9. The van der Waals surface area contributed by atoms with Gasteiger partial charge in [0.2, 0.25) is 0 Å². The first-order chi connectivity index (χ1) is 9.52. The Morgan fingerprint density at radius 2 is 1.70 bits per heavy atom. The third-order valence-corrected chi connectivity index (χ3v) is 3.68. The van der Waals surface area contributed by atoms with Crippen molar-refractivity contribution >= 4 is 0 Å². The number of hydrogen-bond donors (Lipinski definition) is 1. The van der Waals surface area contributed by atoms with E-state index in [0.717, 1.165) is 6.42 Å². The molecule has 0 amide bonds. The molecular formula is C18H24N2. The van der Waals surface area contributed by atoms with E-state index in [2.05, 4.69) is 67.5 Å². The summed E-state index contributed by atoms with van der Waals surface area (Å²) >= 11 is 0. The van der Waals surface area contributed by atoms with Crippen molar-refractivity contribution in [2.75, 3.05) is 7.05 Å². The number of aromatic nitrogens is 1. The highest BCUT2D eigenvalue weighted by Gasteiger charge is 2.21. The highest BCUT2D eigenvalue weighted by atomic mass is 14.9. The van der Waals surface area contributed by atoms with Crippen molar-refractivity contribution in [2.24, 2.45) is 0 Å². The molecule has 0 radical (unpaired) electrons. The summed E-state index contributed by atoms with van der Waals surface area (Å²) in [5, 5.41) is 3.46. The second kappa shape index (κ2) is 6.19. The van der Waals surface area contributed by atoms with Crippen molar-refractivity contribution in [3.05, 3.63) is 65.5 Å². The number of likely N-dealkylation sites (N-methyl/N-ethyl adjacent to an activating group) is 1. The van der Waals surface area contributed by atoms with E-state index in [1.165, 1.54) is 16.7 Å². The molecule has 1 unspecified atom stereocenters. The van der Waals surface area contributed by atoms with Crippen molar-refractivity contribution in [3.63, 3.8) is 0 Å². The lowest BCUT2D eigenvalue weighted by Gasteiger charge is -2.27. The summed E-state index contributed by atoms with van der Waals surface area (Å²) in [5.74, 6) is 0. The zero-order valence-corrected chi connectivity index (χ0v) is 12.9. The molecule has 0 aliphatic heterocycles. The van der Waals surface area contributed by atoms with Gasteiger partial charge in [-0.25, -0.2) is 0 Å². The summed E-state index contributed by atoms with van der Waals surface area (Å²) in [7, 11) is 2.03. The first-order valence-electron chi connectivity index (χ1n) is 7.18. The fourth-order valence-electron chi connectivity index (χ4n) is 2.61. The minimum absolute atomic E-state index is 0.157. The van der Waals surface area contributed by atoms with Crippen LogP contribution in [0.2, 0.25) is 0 Å². The Morgan fingerprint density at radius 1 is 1.05 bits per heavy atom. The van der Waals surface area contributed by atoms with Crippen molar-refractivity contribution in [3.8, 4) is 0 Å². The predicted molar refractivity (Wildman–Crippen MR) is 84.9 cm³/mol. The number of hydrogen-bond acceptors (Lipinski definition) is 2. The Morgan fingerprint density at radius 3 is 2.30 bits per heavy atom. The van der Waals surface area contributed by atoms with E-state index in [9.17, 15) is 0 Å². The summed E-state index contributed by atoms with van der Waals surface area (Å²) in [6, 6.07) is 13.2. The molecule has 1 heterocycles. The van der Waals surface area contributed by atoms with E-state index in [0.29, 0.717) is 6.04 Å². The number of benzene rings is 1. The summed E-state index contributed by atoms with van der Waals surface area (Å²) in [4.78, 5) is 4.09. The Labute approximate surface area is 122 Å². The van der Waals surface area contributed by atoms with Gasteiger partial charge in [-0.15, -0.1) is 0 Å². The molecule has 2 aromatic rings. The van der Waals surface area contributed by atoms with Crippen molar-refractivity contribution in [2.45, 2.75) is 38.6 Å². The van der Waals surface area contributed by atoms with E-state index >= 15 is 0 Å². The van der Waals surface area contributed by atoms with Gasteiger partial charge in [-0.2, -0.15) is 0 Å². The fraction of sp³-hybridized carbons (Fsp3) is 0.389. The second-order valence-corrected chi connectivity index (χ2v) is 6.24. The summed E-state index contributed by atoms with van der Waals surface area (Å²) in [6.07, 6.45) is 4.70. The van der Waals surface area contributed by atoms with Crippen molar-refractivity contribution < 1.29 is 0 Å². The van der Waals surface area contributed by atoms with Gasteiger partial charge in [-0.3, -0.25) is 4.98 Å². The topological polar surface area (TPSA) is 24.9 Å². The Kier molecular flexibility index (Phi) is 4.56. The Bertz CT molecular complexity index is 541. The highest BCUT2D eigenvalue weighted by molar-refractivity contribution is 5.36. The SMILES string of the molecule is CNC(Cc1ccncc1)c1ccccc1C(C)(C)C. The van der Waals surface area contributed by atoms with E-state index < -0.39 is 0 Å². The minimum Gasteiger partial charge on any atom is -0.313 e. The molecule has 1 atom stereocenters. The molecule has 1 aromatic heterocycles. The largest absolute Gasteiger partial charge is 0.313 e. The summed E-state index contributed by atoms with van der Waals surface area (Å²) < 4.78 is 0. The van der Waals surface area contributed by atoms with Gasteiger partial charge in [0.25, 0.3) is 0 Å². The molecule has 0 aliphatic carbocycles. The van der Waals surface area contributed by atoms with Gasteiger partial charge < -0.3 is 5.32 Å². The van der Waals surface area contributed by atoms with E-state index in [4.69, 9.17) is 0 Å². The quantitative estimate of drug-likeness (QED) is 0.910. The lowest BCUT2D eigenvalue weighted by Crippen LogP contribution is -2.24. The lowest BCUT2D eigenvalue weighted by atomic mass is 9.81. The molecule has 20 heavy (non-hydrogen) atoms. The van der Waals surface area contributed by atoms with Gasteiger partial charge in [-0.05, 0) is 47.7 Å². The molecule has 106 valence electrons. The molecule has 2 nitrogen and oxygen atoms in total. The minimum atomic E-state index is 0.157. The maximum atomic E-state index is 4.09. The van der Waals surface area contributed by atoms with Gasteiger partial charge in [-0.1, -0.05) is 45.0 Å². The zero-order chi connectivity index (χ0) is 14.6. The van der Waals surface area contributed by atoms with E-state index in [-0.39, 0.29) is 5.41 Å². The number of rotatable bonds is 4. The molecule has 0 saturated heterocycles. The van der Waals surface area contributed by atoms with Crippen LogP contribution in [0.25, 0.3) is 0 Å².